The smallest absolute Gasteiger partial charge is 0.326 e. The number of anilines is 1. The molecule has 0 amide bonds. The van der Waals surface area contributed by atoms with Crippen molar-refractivity contribution in [1.29, 1.82) is 0 Å². The van der Waals surface area contributed by atoms with Crippen LogP contribution in [0.3, 0.4) is 0 Å². The van der Waals surface area contributed by atoms with Crippen LogP contribution >= 0.6 is 23.3 Å². The monoisotopic (exact) mass is 261 g/mol. The predicted octanol–water partition coefficient (Wildman–Crippen LogP) is 1.84. The first-order chi connectivity index (χ1) is 7.66. The molecule has 0 saturated carbocycles. The van der Waals surface area contributed by atoms with Crippen molar-refractivity contribution in [3.05, 3.63) is 16.5 Å². The second kappa shape index (κ2) is 6.44. The van der Waals surface area contributed by atoms with E-state index in [0.717, 1.165) is 11.9 Å². The first kappa shape index (κ1) is 12.9. The van der Waals surface area contributed by atoms with E-state index in [2.05, 4.69) is 9.57 Å². The van der Waals surface area contributed by atoms with Crippen LogP contribution in [-0.4, -0.2) is 34.9 Å². The van der Waals surface area contributed by atoms with Crippen molar-refractivity contribution in [2.45, 2.75) is 12.5 Å². The molecule has 16 heavy (non-hydrogen) atoms. The lowest BCUT2D eigenvalue weighted by molar-refractivity contribution is -0.138. The predicted molar refractivity (Wildman–Crippen MR) is 64.8 cm³/mol. The van der Waals surface area contributed by atoms with Gasteiger partial charge in [-0.05, 0) is 6.42 Å². The molecule has 0 spiro atoms. The first-order valence-corrected chi connectivity index (χ1v) is 6.28. The fourth-order valence-electron chi connectivity index (χ4n) is 1.21. The maximum atomic E-state index is 11.0. The van der Waals surface area contributed by atoms with Crippen molar-refractivity contribution in [2.24, 2.45) is 4.58 Å². The van der Waals surface area contributed by atoms with E-state index in [-0.39, 0.29) is 0 Å². The summed E-state index contributed by atoms with van der Waals surface area (Å²) in [4.78, 5) is 26.6. The fraction of sp³-hybridized carbons (Fsp3) is 0.500. The highest BCUT2D eigenvalue weighted by atomic mass is 32.2. The lowest BCUT2D eigenvalue weighted by atomic mass is 10.2. The molecule has 0 aliphatic carbocycles. The minimum Gasteiger partial charge on any atom is -0.480 e. The minimum absolute atomic E-state index is 0.349. The van der Waals surface area contributed by atoms with Gasteiger partial charge in [0.05, 0.1) is 0 Å². The Bertz CT molecular complexity index is 344. The Morgan fingerprint density at radius 2 is 2.56 bits per heavy atom. The Morgan fingerprint density at radius 1 is 1.81 bits per heavy atom. The summed E-state index contributed by atoms with van der Waals surface area (Å²) >= 11 is 2.21. The van der Waals surface area contributed by atoms with Crippen molar-refractivity contribution >= 4 is 34.4 Å². The number of aromatic nitrogens is 1. The third-order valence-electron chi connectivity index (χ3n) is 2.01. The van der Waals surface area contributed by atoms with Crippen LogP contribution < -0.4 is 4.90 Å². The molecule has 0 aromatic carbocycles. The zero-order valence-electron chi connectivity index (χ0n) is 8.57. The highest BCUT2D eigenvalue weighted by molar-refractivity contribution is 7.97. The molecule has 1 aromatic heterocycles. The zero-order valence-corrected chi connectivity index (χ0v) is 10.2. The van der Waals surface area contributed by atoms with Crippen LogP contribution in [0.25, 0.3) is 0 Å². The standard InChI is InChI=1S/C8H11N3O3S2/c1-11(8-9-3-5-15-8)6(7(12)13)2-4-16-10-14/h3,5-6H,2,4H2,1H3,(H,12,13)/t6-/m0/s1. The second-order valence-corrected chi connectivity index (χ2v) is 4.66. The zero-order chi connectivity index (χ0) is 12.0. The molecule has 8 heteroatoms. The molecule has 0 radical (unpaired) electrons. The van der Waals surface area contributed by atoms with Crippen LogP contribution in [0.15, 0.2) is 16.2 Å². The van der Waals surface area contributed by atoms with E-state index < -0.39 is 12.0 Å². The van der Waals surface area contributed by atoms with Crippen LogP contribution in [0.4, 0.5) is 5.13 Å². The molecule has 0 aliphatic heterocycles. The number of aliphatic carboxylic acids is 1. The Morgan fingerprint density at radius 3 is 3.06 bits per heavy atom. The lowest BCUT2D eigenvalue weighted by Gasteiger charge is -2.23. The van der Waals surface area contributed by atoms with Crippen molar-refractivity contribution in [3.63, 3.8) is 0 Å². The summed E-state index contributed by atoms with van der Waals surface area (Å²) < 4.78 is 2.63. The molecular formula is C8H11N3O3S2. The van der Waals surface area contributed by atoms with Gasteiger partial charge in [0.25, 0.3) is 0 Å². The number of carboxylic acids is 1. The number of likely N-dealkylation sites (N-methyl/N-ethyl adjacent to an activating group) is 1. The maximum Gasteiger partial charge on any atom is 0.326 e. The minimum atomic E-state index is -0.927. The molecule has 6 nitrogen and oxygen atoms in total. The van der Waals surface area contributed by atoms with E-state index in [1.54, 1.807) is 23.5 Å². The molecule has 1 aromatic rings. The highest BCUT2D eigenvalue weighted by Gasteiger charge is 2.23. The van der Waals surface area contributed by atoms with E-state index >= 15 is 0 Å². The molecule has 0 saturated heterocycles. The average Bonchev–Trinajstić information content (AvgIpc) is 2.76. The Labute approximate surface area is 101 Å². The molecule has 1 heterocycles. The number of nitrogens with zero attached hydrogens (tertiary/aromatic N) is 3. The lowest BCUT2D eigenvalue weighted by Crippen LogP contribution is -2.38. The van der Waals surface area contributed by atoms with Gasteiger partial charge in [0.15, 0.2) is 5.13 Å². The van der Waals surface area contributed by atoms with Crippen LogP contribution in [-0.2, 0) is 4.79 Å². The molecule has 1 N–H and O–H groups in total. The van der Waals surface area contributed by atoms with Gasteiger partial charge in [0, 0.05) is 40.9 Å². The topological polar surface area (TPSA) is 82.9 Å². The normalized spacial score (nSPS) is 12.1. The molecule has 88 valence electrons. The van der Waals surface area contributed by atoms with Gasteiger partial charge in [-0.15, -0.1) is 16.2 Å². The van der Waals surface area contributed by atoms with Gasteiger partial charge in [-0.2, -0.15) is 0 Å². The highest BCUT2D eigenvalue weighted by Crippen LogP contribution is 2.20. The third kappa shape index (κ3) is 3.46. The van der Waals surface area contributed by atoms with Crippen molar-refractivity contribution in [1.82, 2.24) is 4.98 Å². The summed E-state index contributed by atoms with van der Waals surface area (Å²) in [5.74, 6) is -0.542. The largest absolute Gasteiger partial charge is 0.480 e. The Hall–Kier alpha value is -1.15. The van der Waals surface area contributed by atoms with Crippen LogP contribution in [0.5, 0.6) is 0 Å². The van der Waals surface area contributed by atoms with E-state index in [4.69, 9.17) is 5.11 Å². The van der Waals surface area contributed by atoms with E-state index in [1.807, 2.05) is 0 Å². The van der Waals surface area contributed by atoms with Gasteiger partial charge in [-0.3, -0.25) is 0 Å². The number of carboxylic acid groups (broad SMARTS) is 1. The van der Waals surface area contributed by atoms with Gasteiger partial charge in [0.1, 0.15) is 6.04 Å². The number of hydrogen-bond donors (Lipinski definition) is 1. The molecule has 1 rings (SSSR count). The molecule has 0 unspecified atom stereocenters. The Balaban J connectivity index is 2.62. The van der Waals surface area contributed by atoms with E-state index in [9.17, 15) is 9.70 Å². The molecule has 0 fully saturated rings. The van der Waals surface area contributed by atoms with Gasteiger partial charge >= 0.3 is 5.97 Å². The molecular weight excluding hydrogens is 250 g/mol. The van der Waals surface area contributed by atoms with Crippen molar-refractivity contribution in [2.75, 3.05) is 17.7 Å². The first-order valence-electron chi connectivity index (χ1n) is 4.46. The fourth-order valence-corrected chi connectivity index (χ4v) is 2.27. The molecule has 0 aliphatic rings. The summed E-state index contributed by atoms with van der Waals surface area (Å²) in [7, 11) is 1.68. The SMILES string of the molecule is CN(c1nccs1)[C@@H](CCSN=O)C(=O)O. The number of nitroso groups, excluding NO2 is 1. The van der Waals surface area contributed by atoms with Gasteiger partial charge in [-0.25, -0.2) is 9.78 Å². The van der Waals surface area contributed by atoms with E-state index in [1.165, 1.54) is 11.3 Å². The summed E-state index contributed by atoms with van der Waals surface area (Å²) in [6.45, 7) is 0. The molecule has 1 atom stereocenters. The number of hydrogen-bond acceptors (Lipinski definition) is 7. The summed E-state index contributed by atoms with van der Waals surface area (Å²) in [6.07, 6.45) is 1.97. The van der Waals surface area contributed by atoms with Gasteiger partial charge in [0.2, 0.25) is 0 Å². The van der Waals surface area contributed by atoms with Gasteiger partial charge in [-0.1, -0.05) is 0 Å². The number of thiazole rings is 1. The van der Waals surface area contributed by atoms with Crippen LogP contribution in [0.1, 0.15) is 6.42 Å². The summed E-state index contributed by atoms with van der Waals surface area (Å²) in [5, 5.41) is 11.5. The van der Waals surface area contributed by atoms with Gasteiger partial charge < -0.3 is 10.0 Å². The number of rotatable bonds is 7. The summed E-state index contributed by atoms with van der Waals surface area (Å²) in [5.41, 5.74) is 0. The summed E-state index contributed by atoms with van der Waals surface area (Å²) in [6, 6.07) is -0.680. The van der Waals surface area contributed by atoms with E-state index in [0.29, 0.717) is 17.3 Å². The second-order valence-electron chi connectivity index (χ2n) is 2.98. The van der Waals surface area contributed by atoms with Crippen LogP contribution in [0, 0.1) is 4.91 Å². The maximum absolute atomic E-state index is 11.0. The average molecular weight is 261 g/mol. The van der Waals surface area contributed by atoms with Crippen LogP contribution in [0.2, 0.25) is 0 Å². The van der Waals surface area contributed by atoms with Crippen molar-refractivity contribution in [3.8, 4) is 0 Å². The van der Waals surface area contributed by atoms with Crippen molar-refractivity contribution < 1.29 is 9.90 Å². The number of carbonyl (C=O) groups is 1. The third-order valence-corrected chi connectivity index (χ3v) is 3.39. The Kier molecular flexibility index (Phi) is 5.20. The quantitative estimate of drug-likeness (QED) is 0.458. The molecule has 0 bridgehead atoms.